The summed E-state index contributed by atoms with van der Waals surface area (Å²) in [7, 11) is 0. The highest BCUT2D eigenvalue weighted by atomic mass is 16.3. The predicted octanol–water partition coefficient (Wildman–Crippen LogP) is 2.79. The lowest BCUT2D eigenvalue weighted by Crippen LogP contribution is -2.47. The van der Waals surface area contributed by atoms with Crippen LogP contribution in [0.5, 0.6) is 0 Å². The number of rotatable bonds is 5. The lowest BCUT2D eigenvalue weighted by atomic mass is 9.95. The fourth-order valence-electron chi connectivity index (χ4n) is 4.10. The molecule has 0 fully saturated rings. The third kappa shape index (κ3) is 3.35. The Morgan fingerprint density at radius 1 is 0.935 bits per heavy atom. The van der Waals surface area contributed by atoms with Gasteiger partial charge in [0.1, 0.15) is 6.04 Å². The van der Waals surface area contributed by atoms with Crippen molar-refractivity contribution in [1.29, 1.82) is 0 Å². The maximum atomic E-state index is 13.2. The topological polar surface area (TPSA) is 107 Å². The minimum Gasteiger partial charge on any atom is -0.394 e. The Bertz CT molecular complexity index is 1220. The summed E-state index contributed by atoms with van der Waals surface area (Å²) in [6.45, 7) is -0.534. The number of aliphatic hydroxyl groups is 1. The Kier molecular flexibility index (Phi) is 4.72. The van der Waals surface area contributed by atoms with Gasteiger partial charge in [-0.15, -0.1) is 0 Å². The Morgan fingerprint density at radius 2 is 1.55 bits per heavy atom. The SMILES string of the molecule is O=C(N[C@@H](CO)C(=O)Nc1nc2ccccc2[nH]1)C1c2ccccc2-c2ccccc21. The zero-order chi connectivity index (χ0) is 21.4. The van der Waals surface area contributed by atoms with E-state index >= 15 is 0 Å². The molecule has 0 radical (unpaired) electrons. The van der Waals surface area contributed by atoms with E-state index < -0.39 is 24.5 Å². The van der Waals surface area contributed by atoms with Crippen molar-refractivity contribution in [3.63, 3.8) is 0 Å². The molecule has 0 saturated heterocycles. The van der Waals surface area contributed by atoms with E-state index in [0.717, 1.165) is 27.8 Å². The molecule has 1 heterocycles. The van der Waals surface area contributed by atoms with Gasteiger partial charge in [-0.25, -0.2) is 4.98 Å². The van der Waals surface area contributed by atoms with Crippen LogP contribution in [0.15, 0.2) is 72.8 Å². The van der Waals surface area contributed by atoms with Crippen molar-refractivity contribution in [3.05, 3.63) is 83.9 Å². The molecule has 0 spiro atoms. The minimum absolute atomic E-state index is 0.260. The van der Waals surface area contributed by atoms with Gasteiger partial charge >= 0.3 is 0 Å². The molecule has 1 aliphatic carbocycles. The fourth-order valence-corrected chi connectivity index (χ4v) is 4.10. The van der Waals surface area contributed by atoms with Crippen molar-refractivity contribution >= 4 is 28.8 Å². The number of nitrogens with zero attached hydrogens (tertiary/aromatic N) is 1. The summed E-state index contributed by atoms with van der Waals surface area (Å²) < 4.78 is 0. The number of aromatic nitrogens is 2. The molecule has 7 nitrogen and oxygen atoms in total. The summed E-state index contributed by atoms with van der Waals surface area (Å²) in [5.74, 6) is -1.17. The number of hydrogen-bond donors (Lipinski definition) is 4. The molecule has 3 aromatic carbocycles. The van der Waals surface area contributed by atoms with Gasteiger partial charge in [0.25, 0.3) is 5.91 Å². The fraction of sp³-hybridized carbons (Fsp3) is 0.125. The maximum Gasteiger partial charge on any atom is 0.251 e. The molecule has 2 amide bonds. The van der Waals surface area contributed by atoms with E-state index in [4.69, 9.17) is 0 Å². The molecule has 5 rings (SSSR count). The van der Waals surface area contributed by atoms with Gasteiger partial charge in [0.2, 0.25) is 11.9 Å². The summed E-state index contributed by atoms with van der Waals surface area (Å²) in [6, 6.07) is 21.7. The quantitative estimate of drug-likeness (QED) is 0.404. The number of aromatic amines is 1. The van der Waals surface area contributed by atoms with Gasteiger partial charge in [-0.1, -0.05) is 60.7 Å². The standard InChI is InChI=1S/C24H20N4O3/c29-13-20(22(30)28-24-26-18-11-5-6-12-19(18)27-24)25-23(31)21-16-9-3-1-7-14(16)15-8-2-4-10-17(15)21/h1-12,20-21,29H,13H2,(H,25,31)(H2,26,27,28,30)/t20-/m0/s1. The van der Waals surface area contributed by atoms with E-state index in [9.17, 15) is 14.7 Å². The zero-order valence-corrected chi connectivity index (χ0v) is 16.5. The monoisotopic (exact) mass is 412 g/mol. The molecule has 1 atom stereocenters. The van der Waals surface area contributed by atoms with Crippen molar-refractivity contribution in [2.75, 3.05) is 11.9 Å². The second-order valence-electron chi connectivity index (χ2n) is 7.44. The molecule has 31 heavy (non-hydrogen) atoms. The molecular weight excluding hydrogens is 392 g/mol. The Morgan fingerprint density at radius 3 is 2.19 bits per heavy atom. The number of carbonyl (C=O) groups is 2. The van der Waals surface area contributed by atoms with Gasteiger partial charge in [0.05, 0.1) is 23.6 Å². The minimum atomic E-state index is -1.11. The molecule has 4 aromatic rings. The van der Waals surface area contributed by atoms with Crippen molar-refractivity contribution in [2.24, 2.45) is 0 Å². The molecule has 7 heteroatoms. The first-order valence-electron chi connectivity index (χ1n) is 10.0. The summed E-state index contributed by atoms with van der Waals surface area (Å²) in [4.78, 5) is 33.2. The van der Waals surface area contributed by atoms with Crippen molar-refractivity contribution < 1.29 is 14.7 Å². The van der Waals surface area contributed by atoms with Gasteiger partial charge in [-0.2, -0.15) is 0 Å². The van der Waals surface area contributed by atoms with E-state index in [2.05, 4.69) is 20.6 Å². The molecule has 0 aliphatic heterocycles. The lowest BCUT2D eigenvalue weighted by Gasteiger charge is -2.19. The first-order valence-corrected chi connectivity index (χ1v) is 10.0. The first-order chi connectivity index (χ1) is 15.2. The van der Waals surface area contributed by atoms with Crippen LogP contribution in [-0.4, -0.2) is 39.5 Å². The highest BCUT2D eigenvalue weighted by molar-refractivity contribution is 6.01. The second-order valence-corrected chi connectivity index (χ2v) is 7.44. The molecular formula is C24H20N4O3. The second kappa shape index (κ2) is 7.70. The number of amides is 2. The van der Waals surface area contributed by atoms with Crippen LogP contribution in [0.4, 0.5) is 5.95 Å². The molecule has 0 bridgehead atoms. The van der Waals surface area contributed by atoms with E-state index in [1.54, 1.807) is 0 Å². The molecule has 1 aromatic heterocycles. The number of anilines is 1. The number of H-pyrrole nitrogens is 1. The summed E-state index contributed by atoms with van der Waals surface area (Å²) in [5, 5.41) is 15.1. The molecule has 4 N–H and O–H groups in total. The first kappa shape index (κ1) is 19.0. The number of para-hydroxylation sites is 2. The number of aliphatic hydroxyl groups excluding tert-OH is 1. The normalized spacial score (nSPS) is 13.5. The predicted molar refractivity (Wildman–Crippen MR) is 117 cm³/mol. The molecule has 1 aliphatic rings. The van der Waals surface area contributed by atoms with Crippen LogP contribution in [-0.2, 0) is 9.59 Å². The van der Waals surface area contributed by atoms with Crippen LogP contribution in [0, 0.1) is 0 Å². The van der Waals surface area contributed by atoms with Crippen LogP contribution in [0.25, 0.3) is 22.2 Å². The summed E-state index contributed by atoms with van der Waals surface area (Å²) >= 11 is 0. The van der Waals surface area contributed by atoms with E-state index in [1.165, 1.54) is 0 Å². The highest BCUT2D eigenvalue weighted by Gasteiger charge is 2.35. The molecule has 0 saturated carbocycles. The lowest BCUT2D eigenvalue weighted by molar-refractivity contribution is -0.127. The zero-order valence-electron chi connectivity index (χ0n) is 16.5. The van der Waals surface area contributed by atoms with Crippen molar-refractivity contribution in [1.82, 2.24) is 15.3 Å². The maximum absolute atomic E-state index is 13.2. The molecule has 154 valence electrons. The van der Waals surface area contributed by atoms with Crippen LogP contribution >= 0.6 is 0 Å². The Labute approximate surface area is 178 Å². The van der Waals surface area contributed by atoms with Gasteiger partial charge in [-0.05, 0) is 34.4 Å². The van der Waals surface area contributed by atoms with Crippen molar-refractivity contribution in [2.45, 2.75) is 12.0 Å². The van der Waals surface area contributed by atoms with Gasteiger partial charge in [-0.3, -0.25) is 14.9 Å². The number of imidazole rings is 1. The smallest absolute Gasteiger partial charge is 0.251 e. The van der Waals surface area contributed by atoms with E-state index in [1.807, 2.05) is 72.8 Å². The third-order valence-corrected chi connectivity index (χ3v) is 5.54. The van der Waals surface area contributed by atoms with Gasteiger partial charge in [0, 0.05) is 0 Å². The van der Waals surface area contributed by atoms with E-state index in [0.29, 0.717) is 5.52 Å². The largest absolute Gasteiger partial charge is 0.394 e. The van der Waals surface area contributed by atoms with Crippen molar-refractivity contribution in [3.8, 4) is 11.1 Å². The number of carbonyl (C=O) groups excluding carboxylic acids is 2. The number of nitrogens with one attached hydrogen (secondary N) is 3. The Balaban J connectivity index is 1.37. The van der Waals surface area contributed by atoms with Crippen LogP contribution in [0.2, 0.25) is 0 Å². The van der Waals surface area contributed by atoms with Crippen LogP contribution < -0.4 is 10.6 Å². The number of hydrogen-bond acceptors (Lipinski definition) is 4. The van der Waals surface area contributed by atoms with Crippen LogP contribution in [0.3, 0.4) is 0 Å². The highest BCUT2D eigenvalue weighted by Crippen LogP contribution is 2.44. The van der Waals surface area contributed by atoms with E-state index in [-0.39, 0.29) is 11.9 Å². The Hall–Kier alpha value is -3.97. The van der Waals surface area contributed by atoms with Gasteiger partial charge in [0.15, 0.2) is 0 Å². The average Bonchev–Trinajstić information content (AvgIpc) is 3.35. The van der Waals surface area contributed by atoms with Crippen LogP contribution in [0.1, 0.15) is 17.0 Å². The van der Waals surface area contributed by atoms with Gasteiger partial charge < -0.3 is 15.4 Å². The number of fused-ring (bicyclic) bond motifs is 4. The summed E-state index contributed by atoms with van der Waals surface area (Å²) in [5.41, 5.74) is 5.27. The number of benzene rings is 3. The average molecular weight is 412 g/mol. The molecule has 0 unspecified atom stereocenters. The summed E-state index contributed by atoms with van der Waals surface area (Å²) in [6.07, 6.45) is 0. The third-order valence-electron chi connectivity index (χ3n) is 5.54.